The van der Waals surface area contributed by atoms with Gasteiger partial charge in [-0.2, -0.15) is 28.5 Å². The van der Waals surface area contributed by atoms with Gasteiger partial charge < -0.3 is 66.8 Å². The minimum absolute atomic E-state index is 0.0483. The average Bonchev–Trinajstić information content (AvgIpc) is 1.67. The molecule has 18 N–H and O–H groups in total. The molecule has 2 aromatic carbocycles. The molecular weight excluding hydrogens is 1520 g/mol. The van der Waals surface area contributed by atoms with E-state index < -0.39 is 23.9 Å². The number of aliphatic hydroxyl groups is 2. The van der Waals surface area contributed by atoms with Crippen LogP contribution in [0.2, 0.25) is 0 Å². The van der Waals surface area contributed by atoms with Crippen LogP contribution in [0.15, 0.2) is 53.5 Å². The Morgan fingerprint density at radius 2 is 0.936 bits per heavy atom. The van der Waals surface area contributed by atoms with Crippen LogP contribution in [0.3, 0.4) is 0 Å². The number of benzene rings is 2. The number of nitrogens with zero attached hydrogens (tertiary/aromatic N) is 9. The first kappa shape index (κ1) is 95.1. The van der Waals surface area contributed by atoms with Crippen molar-refractivity contribution in [3.8, 4) is 0 Å². The molecule has 8 unspecified atom stereocenters. The number of thioether (sulfide) groups is 2. The molecule has 6 saturated heterocycles. The van der Waals surface area contributed by atoms with E-state index in [1.807, 2.05) is 83.3 Å². The van der Waals surface area contributed by atoms with Crippen molar-refractivity contribution in [1.29, 1.82) is 0 Å². The average molecular weight is 1630 g/mol. The highest BCUT2D eigenvalue weighted by molar-refractivity contribution is 8.00. The lowest BCUT2D eigenvalue weighted by Gasteiger charge is -2.38. The van der Waals surface area contributed by atoms with Crippen molar-refractivity contribution in [3.63, 3.8) is 0 Å². The van der Waals surface area contributed by atoms with Crippen LogP contribution >= 0.6 is 48.0 Å². The van der Waals surface area contributed by atoms with Crippen LogP contribution in [-0.2, 0) is 61.0 Å². The molecule has 6 aliphatic rings. The number of isothiocyanates is 1. The van der Waals surface area contributed by atoms with Crippen molar-refractivity contribution in [2.24, 2.45) is 10.8 Å². The number of carbonyl (C=O) groups excluding carboxylic acids is 6. The Bertz CT molecular complexity index is 3170. The van der Waals surface area contributed by atoms with E-state index in [4.69, 9.17) is 38.2 Å². The predicted molar refractivity (Wildman–Crippen MR) is 418 cm³/mol. The van der Waals surface area contributed by atoms with Gasteiger partial charge in [-0.15, -0.1) is 0 Å². The molecule has 42 heteroatoms. The number of fused-ring (bicyclic) bond motifs is 2. The molecule has 0 spiro atoms. The number of nitrogens with two attached hydrogens (primary N) is 1. The number of unbranched alkanes of at least 4 members (excludes halogenated alkanes) is 2. The summed E-state index contributed by atoms with van der Waals surface area (Å²) in [6.45, 7) is 9.85. The van der Waals surface area contributed by atoms with E-state index >= 15 is 0 Å². The molecule has 0 aromatic heterocycles. The van der Waals surface area contributed by atoms with Gasteiger partial charge in [-0.05, 0) is 98.4 Å². The van der Waals surface area contributed by atoms with Gasteiger partial charge in [-0.25, -0.2) is 25.2 Å². The minimum atomic E-state index is -1.01. The molecule has 6 heterocycles. The lowest BCUT2D eigenvalue weighted by atomic mass is 10.0. The van der Waals surface area contributed by atoms with E-state index in [2.05, 4.69) is 84.8 Å². The number of carboxylic acids is 4. The lowest BCUT2D eigenvalue weighted by molar-refractivity contribution is -0.245. The molecule has 0 bridgehead atoms. The molecule has 2 aromatic rings. The summed E-state index contributed by atoms with van der Waals surface area (Å²) >= 11 is 13.8. The van der Waals surface area contributed by atoms with E-state index in [0.717, 1.165) is 54.7 Å². The van der Waals surface area contributed by atoms with Crippen LogP contribution in [0.25, 0.3) is 0 Å². The molecule has 8 rings (SSSR count). The molecule has 6 fully saturated rings. The maximum absolute atomic E-state index is 12.4. The second kappa shape index (κ2) is 54.4. The third kappa shape index (κ3) is 36.9. The number of thiocarbonyl (C=S) groups is 2. The molecule has 0 aliphatic carbocycles. The maximum Gasteiger partial charge on any atom is 0.317 e. The number of carbonyl (C=O) groups is 10. The van der Waals surface area contributed by atoms with Gasteiger partial charge in [0.2, 0.25) is 11.8 Å². The predicted octanol–water partition coefficient (Wildman–Crippen LogP) is -1.03. The zero-order valence-corrected chi connectivity index (χ0v) is 65.1. The van der Waals surface area contributed by atoms with Crippen molar-refractivity contribution < 1.29 is 98.9 Å². The number of carboxylic acid groups (broad SMARTS) is 4. The Morgan fingerprint density at radius 1 is 0.545 bits per heavy atom. The fourth-order valence-electron chi connectivity index (χ4n) is 13.4. The van der Waals surface area contributed by atoms with Crippen molar-refractivity contribution in [3.05, 3.63) is 59.7 Å². The number of aliphatic carboxylic acids is 4. The minimum Gasteiger partial charge on any atom is -0.480 e. The largest absolute Gasteiger partial charge is 0.480 e. The molecular formula is C68H110N18O20S4. The second-order valence-electron chi connectivity index (χ2n) is 26.6. The number of hydrogen-bond donors (Lipinski definition) is 17. The van der Waals surface area contributed by atoms with Crippen LogP contribution in [0.4, 0.5) is 21.0 Å². The summed E-state index contributed by atoms with van der Waals surface area (Å²) in [7, 11) is 0. The lowest BCUT2D eigenvalue weighted by Crippen LogP contribution is -2.53. The van der Waals surface area contributed by atoms with Gasteiger partial charge in [0.1, 0.15) is 13.6 Å². The van der Waals surface area contributed by atoms with Crippen LogP contribution in [0, 0.1) is 0 Å². The number of aliphatic imine (C=N–C) groups is 1. The first-order chi connectivity index (χ1) is 53.1. The van der Waals surface area contributed by atoms with Crippen LogP contribution in [0.1, 0.15) is 62.5 Å². The van der Waals surface area contributed by atoms with Crippen molar-refractivity contribution in [2.75, 3.05) is 174 Å². The molecule has 8 atom stereocenters. The van der Waals surface area contributed by atoms with Crippen molar-refractivity contribution in [2.45, 2.75) is 111 Å². The fourth-order valence-corrected chi connectivity index (χ4v) is 16.7. The van der Waals surface area contributed by atoms with Gasteiger partial charge in [-0.3, -0.25) is 94.8 Å². The molecule has 616 valence electrons. The summed E-state index contributed by atoms with van der Waals surface area (Å²) in [5.41, 5.74) is 10.7. The third-order valence-corrected chi connectivity index (χ3v) is 22.3. The Kier molecular flexibility index (Phi) is 47.0. The topological polar surface area (TPSA) is 512 Å². The normalized spacial score (nSPS) is 22.6. The van der Waals surface area contributed by atoms with E-state index in [0.29, 0.717) is 152 Å². The number of aliphatic hydroxyl groups excluding tert-OH is 2. The molecule has 110 heavy (non-hydrogen) atoms. The number of hydrogen-bond acceptors (Lipinski definition) is 30. The second-order valence-corrected chi connectivity index (χ2v) is 29.7. The molecule has 6 aliphatic heterocycles. The fraction of sp³-hybridized carbons (Fsp3) is 0.647. The number of amides is 6. The molecule has 38 nitrogen and oxygen atoms in total. The zero-order chi connectivity index (χ0) is 80.8. The van der Waals surface area contributed by atoms with Crippen LogP contribution in [0.5, 0.6) is 0 Å². The summed E-state index contributed by atoms with van der Waals surface area (Å²) in [4.78, 5) is 137. The van der Waals surface area contributed by atoms with Crippen molar-refractivity contribution >= 4 is 131 Å². The van der Waals surface area contributed by atoms with Gasteiger partial charge in [0.15, 0.2) is 5.11 Å². The summed E-state index contributed by atoms with van der Waals surface area (Å²) in [5, 5.41) is 94.2. The van der Waals surface area contributed by atoms with Gasteiger partial charge in [0, 0.05) is 157 Å². The Labute approximate surface area is 659 Å². The first-order valence-electron chi connectivity index (χ1n) is 36.1. The summed E-state index contributed by atoms with van der Waals surface area (Å²) in [6, 6.07) is 14.8. The molecule has 6 amide bonds. The smallest absolute Gasteiger partial charge is 0.317 e. The quantitative estimate of drug-likeness (QED) is 0.00608. The Balaban J connectivity index is 0.000000390. The van der Waals surface area contributed by atoms with E-state index in [1.165, 1.54) is 0 Å². The van der Waals surface area contributed by atoms with Crippen LogP contribution in [-0.4, -0.2) is 368 Å². The summed E-state index contributed by atoms with van der Waals surface area (Å²) in [6.07, 6.45) is 7.09. The SMILES string of the molecule is C=O.C=O.NNC(=O)CCCCC1SCC2NC(=O)NC21.O=C(O)CN1CCN(CCOO)CCN(CCOO)CCN(CC(=O)O)C(Cc2ccc(NC(=S)NNC(=O)CCCCC3SCC4NC(=O)NC43)cc2)C1.O=C(O)CN1CCN(CO)CCN(CO)CCN(CC(=O)O)C(Cc2ccc(N=C=S)cc2)C1. The van der Waals surface area contributed by atoms with E-state index in [1.54, 1.807) is 31.7 Å². The highest BCUT2D eigenvalue weighted by atomic mass is 32.2. The van der Waals surface area contributed by atoms with Crippen LogP contribution < -0.4 is 48.7 Å². The van der Waals surface area contributed by atoms with Gasteiger partial charge in [-0.1, -0.05) is 37.1 Å². The van der Waals surface area contributed by atoms with E-state index in [-0.39, 0.29) is 125 Å². The highest BCUT2D eigenvalue weighted by Gasteiger charge is 2.44. The number of anilines is 1. The van der Waals surface area contributed by atoms with Gasteiger partial charge in [0.05, 0.1) is 87.9 Å². The highest BCUT2D eigenvalue weighted by Crippen LogP contribution is 2.34. The monoisotopic (exact) mass is 1630 g/mol. The van der Waals surface area contributed by atoms with Crippen molar-refractivity contribution in [1.82, 2.24) is 76.7 Å². The number of rotatable bonds is 32. The summed E-state index contributed by atoms with van der Waals surface area (Å²) < 4.78 is 0. The first-order valence-corrected chi connectivity index (χ1v) is 39.0. The third-order valence-electron chi connectivity index (χ3n) is 19.0. The molecule has 0 saturated carbocycles. The Morgan fingerprint density at radius 3 is 1.34 bits per heavy atom. The Hall–Kier alpha value is -7.27. The van der Waals surface area contributed by atoms with Gasteiger partial charge >= 0.3 is 35.9 Å². The summed E-state index contributed by atoms with van der Waals surface area (Å²) in [5.74, 6) is 2.63. The number of urea groups is 2. The standard InChI is InChI=1S/C34H55N9O10S2.C22H33N5O6S.C10H18N4O2S.2CH2O/c44-29(4-2-1-3-28-32-27(23-55-28)36-33(49)37-32)38-39-34(54)35-25-7-5-24(6-8-25)19-26-20-42(21-30(45)46)12-11-40(15-17-52-50)9-10-41(16-18-53-51)13-14-43(26)22-31(47)48;28-16-24-5-6-25(17-29)9-10-27(14-22(32)33)20(12-26(8-7-24)13-21(30)31)11-18-1-3-19(4-2-18)23-15-34;11-14-8(15)4-2-1-3-7-9-6(5-17-7)12-10(16)13-9;2*1-2/h5-8,26-28,32,50-51H,1-4,9-23H2,(H,38,44)(H,45,46)(H,47,48)(H2,35,39,54)(H2,36,37,49);1-4,20,28-29H,5-14,16-17H2,(H,30,31)(H,32,33);6-7,9H,1-5,11H2,(H,14,15)(H2,12,13,16);2*1H2. The number of hydrazine groups is 2. The maximum atomic E-state index is 12.4. The number of nitrogens with one attached hydrogen (secondary N) is 8. The van der Waals surface area contributed by atoms with Gasteiger partial charge in [0.25, 0.3) is 0 Å². The molecule has 0 radical (unpaired) electrons. The zero-order valence-electron chi connectivity index (χ0n) is 61.8. The van der Waals surface area contributed by atoms with E-state index in [9.17, 15) is 69.0 Å².